The average Bonchev–Trinajstić information content (AvgIpc) is 3.37. The van der Waals surface area contributed by atoms with E-state index < -0.39 is 18.1 Å². The zero-order chi connectivity index (χ0) is 17.0. The Morgan fingerprint density at radius 1 is 1.35 bits per heavy atom. The lowest BCUT2D eigenvalue weighted by atomic mass is 10.2. The fourth-order valence-corrected chi connectivity index (χ4v) is 2.42. The number of hydrogen-bond donors (Lipinski definition) is 1. The van der Waals surface area contributed by atoms with E-state index in [1.807, 2.05) is 24.3 Å². The summed E-state index contributed by atoms with van der Waals surface area (Å²) in [4.78, 5) is 25.2. The number of aliphatic carboxylic acids is 1. The molecular formula is C17H23NO5. The summed E-state index contributed by atoms with van der Waals surface area (Å²) in [6.07, 6.45) is 1.02. The van der Waals surface area contributed by atoms with Crippen molar-refractivity contribution in [1.29, 1.82) is 0 Å². The van der Waals surface area contributed by atoms with Crippen molar-refractivity contribution in [3.63, 3.8) is 0 Å². The summed E-state index contributed by atoms with van der Waals surface area (Å²) in [7, 11) is 1.59. The number of carbonyl (C=O) groups excluding carboxylic acids is 1. The maximum Gasteiger partial charge on any atom is 0.326 e. The molecule has 126 valence electrons. The molecule has 1 aliphatic rings. The maximum atomic E-state index is 12.5. The Labute approximate surface area is 136 Å². The van der Waals surface area contributed by atoms with Crippen LogP contribution in [0.3, 0.4) is 0 Å². The van der Waals surface area contributed by atoms with Gasteiger partial charge in [0.15, 0.2) is 0 Å². The molecule has 2 rings (SSSR count). The smallest absolute Gasteiger partial charge is 0.326 e. The molecule has 0 saturated heterocycles. The number of methoxy groups -OCH3 is 1. The van der Waals surface area contributed by atoms with Gasteiger partial charge in [-0.3, -0.25) is 4.79 Å². The first-order valence-corrected chi connectivity index (χ1v) is 7.73. The second-order valence-electron chi connectivity index (χ2n) is 5.80. The van der Waals surface area contributed by atoms with Crippen LogP contribution in [-0.4, -0.2) is 47.2 Å². The van der Waals surface area contributed by atoms with Gasteiger partial charge in [0.1, 0.15) is 17.9 Å². The largest absolute Gasteiger partial charge is 0.497 e. The van der Waals surface area contributed by atoms with Crippen molar-refractivity contribution in [3.05, 3.63) is 29.8 Å². The predicted octanol–water partition coefficient (Wildman–Crippen LogP) is 2.06. The SMILES string of the molecule is COc1cccc(COC(C)C(=O)N(C2CC2)C(C)C(=O)O)c1. The quantitative estimate of drug-likeness (QED) is 0.793. The molecule has 1 amide bonds. The van der Waals surface area contributed by atoms with Gasteiger partial charge in [-0.1, -0.05) is 12.1 Å². The van der Waals surface area contributed by atoms with Crippen LogP contribution >= 0.6 is 0 Å². The zero-order valence-electron chi connectivity index (χ0n) is 13.7. The van der Waals surface area contributed by atoms with E-state index in [-0.39, 0.29) is 18.6 Å². The summed E-state index contributed by atoms with van der Waals surface area (Å²) in [5.41, 5.74) is 0.897. The van der Waals surface area contributed by atoms with E-state index in [4.69, 9.17) is 9.47 Å². The number of carbonyl (C=O) groups is 2. The second kappa shape index (κ2) is 7.46. The summed E-state index contributed by atoms with van der Waals surface area (Å²) in [5, 5.41) is 9.18. The van der Waals surface area contributed by atoms with Gasteiger partial charge in [-0.2, -0.15) is 0 Å². The zero-order valence-corrected chi connectivity index (χ0v) is 13.7. The van der Waals surface area contributed by atoms with Crippen molar-refractivity contribution in [2.24, 2.45) is 0 Å². The van der Waals surface area contributed by atoms with E-state index in [0.717, 1.165) is 24.2 Å². The van der Waals surface area contributed by atoms with E-state index in [1.165, 1.54) is 11.8 Å². The van der Waals surface area contributed by atoms with Crippen molar-refractivity contribution in [2.45, 2.75) is 51.5 Å². The number of benzene rings is 1. The van der Waals surface area contributed by atoms with Gasteiger partial charge in [-0.15, -0.1) is 0 Å². The van der Waals surface area contributed by atoms with Crippen LogP contribution in [0.5, 0.6) is 5.75 Å². The van der Waals surface area contributed by atoms with Gasteiger partial charge in [0, 0.05) is 6.04 Å². The molecule has 1 aromatic rings. The molecule has 0 aliphatic heterocycles. The van der Waals surface area contributed by atoms with E-state index >= 15 is 0 Å². The van der Waals surface area contributed by atoms with Crippen LogP contribution in [0.2, 0.25) is 0 Å². The number of hydrogen-bond acceptors (Lipinski definition) is 4. The molecule has 0 spiro atoms. The first-order chi connectivity index (χ1) is 10.9. The Balaban J connectivity index is 1.96. The standard InChI is InChI=1S/C17H23NO5/c1-11(17(20)21)18(14-7-8-14)16(19)12(2)23-10-13-5-4-6-15(9-13)22-3/h4-6,9,11-12,14H,7-8,10H2,1-3H3,(H,20,21). The molecule has 6 heteroatoms. The number of ether oxygens (including phenoxy) is 2. The van der Waals surface area contributed by atoms with Gasteiger partial charge in [0.05, 0.1) is 13.7 Å². The van der Waals surface area contributed by atoms with E-state index in [9.17, 15) is 14.7 Å². The average molecular weight is 321 g/mol. The number of carboxylic acids is 1. The van der Waals surface area contributed by atoms with E-state index in [0.29, 0.717) is 0 Å². The molecule has 0 heterocycles. The first-order valence-electron chi connectivity index (χ1n) is 7.73. The molecule has 1 fully saturated rings. The van der Waals surface area contributed by atoms with Crippen molar-refractivity contribution in [2.75, 3.05) is 7.11 Å². The normalized spacial score (nSPS) is 16.5. The number of nitrogens with zero attached hydrogens (tertiary/aromatic N) is 1. The molecule has 1 aromatic carbocycles. The topological polar surface area (TPSA) is 76.1 Å². The minimum atomic E-state index is -0.995. The van der Waals surface area contributed by atoms with Crippen molar-refractivity contribution in [1.82, 2.24) is 4.90 Å². The highest BCUT2D eigenvalue weighted by Crippen LogP contribution is 2.29. The minimum Gasteiger partial charge on any atom is -0.497 e. The molecule has 0 radical (unpaired) electrons. The van der Waals surface area contributed by atoms with Crippen LogP contribution in [0, 0.1) is 0 Å². The predicted molar refractivity (Wildman–Crippen MR) is 84.2 cm³/mol. The van der Waals surface area contributed by atoms with Gasteiger partial charge in [0.25, 0.3) is 5.91 Å². The minimum absolute atomic E-state index is 0.0245. The third-order valence-corrected chi connectivity index (χ3v) is 3.95. The van der Waals surface area contributed by atoms with Crippen LogP contribution in [-0.2, 0) is 20.9 Å². The molecule has 2 unspecified atom stereocenters. The van der Waals surface area contributed by atoms with Gasteiger partial charge in [-0.05, 0) is 44.4 Å². The van der Waals surface area contributed by atoms with E-state index in [1.54, 1.807) is 14.0 Å². The molecule has 1 saturated carbocycles. The molecular weight excluding hydrogens is 298 g/mol. The molecule has 0 aromatic heterocycles. The van der Waals surface area contributed by atoms with Crippen LogP contribution < -0.4 is 4.74 Å². The lowest BCUT2D eigenvalue weighted by Gasteiger charge is -2.29. The molecule has 1 aliphatic carbocycles. The Morgan fingerprint density at radius 2 is 2.04 bits per heavy atom. The van der Waals surface area contributed by atoms with Crippen LogP contribution in [0.25, 0.3) is 0 Å². The lowest BCUT2D eigenvalue weighted by molar-refractivity contribution is -0.156. The van der Waals surface area contributed by atoms with Crippen LogP contribution in [0.15, 0.2) is 24.3 Å². The van der Waals surface area contributed by atoms with Crippen molar-refractivity contribution >= 4 is 11.9 Å². The molecule has 0 bridgehead atoms. The molecule has 23 heavy (non-hydrogen) atoms. The number of carboxylic acid groups (broad SMARTS) is 1. The summed E-state index contributed by atoms with van der Waals surface area (Å²) in [6.45, 7) is 3.46. The van der Waals surface area contributed by atoms with Gasteiger partial charge < -0.3 is 19.5 Å². The highest BCUT2D eigenvalue weighted by molar-refractivity contribution is 5.86. The second-order valence-corrected chi connectivity index (χ2v) is 5.80. The third kappa shape index (κ3) is 4.45. The number of rotatable bonds is 8. The Morgan fingerprint density at radius 3 is 2.61 bits per heavy atom. The summed E-state index contributed by atoms with van der Waals surface area (Å²) < 4.78 is 10.8. The molecule has 6 nitrogen and oxygen atoms in total. The Hall–Kier alpha value is -2.08. The Kier molecular flexibility index (Phi) is 5.60. The van der Waals surface area contributed by atoms with E-state index in [2.05, 4.69) is 0 Å². The summed E-state index contributed by atoms with van der Waals surface area (Å²) >= 11 is 0. The maximum absolute atomic E-state index is 12.5. The van der Waals surface area contributed by atoms with Gasteiger partial charge in [0.2, 0.25) is 0 Å². The Bertz CT molecular complexity index is 570. The fourth-order valence-electron chi connectivity index (χ4n) is 2.42. The van der Waals surface area contributed by atoms with Gasteiger partial charge in [-0.25, -0.2) is 4.79 Å². The van der Waals surface area contributed by atoms with Crippen LogP contribution in [0.1, 0.15) is 32.3 Å². The third-order valence-electron chi connectivity index (χ3n) is 3.95. The van der Waals surface area contributed by atoms with Crippen LogP contribution in [0.4, 0.5) is 0 Å². The molecule has 2 atom stereocenters. The highest BCUT2D eigenvalue weighted by Gasteiger charge is 2.40. The monoisotopic (exact) mass is 321 g/mol. The summed E-state index contributed by atoms with van der Waals surface area (Å²) in [6, 6.07) is 6.61. The number of amides is 1. The van der Waals surface area contributed by atoms with Crippen molar-refractivity contribution in [3.8, 4) is 5.75 Å². The van der Waals surface area contributed by atoms with Crippen molar-refractivity contribution < 1.29 is 24.2 Å². The lowest BCUT2D eigenvalue weighted by Crippen LogP contribution is -2.48. The fraction of sp³-hybridized carbons (Fsp3) is 0.529. The molecule has 1 N–H and O–H groups in total. The summed E-state index contributed by atoms with van der Waals surface area (Å²) in [5.74, 6) is -0.542. The highest BCUT2D eigenvalue weighted by atomic mass is 16.5. The van der Waals surface area contributed by atoms with Gasteiger partial charge >= 0.3 is 5.97 Å². The first kappa shape index (κ1) is 17.3.